The highest BCUT2D eigenvalue weighted by atomic mass is 32.1. The molecule has 2 heterocycles. The third kappa shape index (κ3) is 2.27. The number of hydrogen-bond acceptors (Lipinski definition) is 4. The third-order valence-electron chi connectivity index (χ3n) is 2.42. The number of piperazine rings is 1. The second kappa shape index (κ2) is 4.17. The maximum atomic E-state index is 4.26. The molecule has 1 N–H and O–H groups in total. The first kappa shape index (κ1) is 9.12. The quantitative estimate of drug-likeness (QED) is 0.762. The SMILES string of the molecule is Cc1ncsc1CN1CCNCC1. The Hall–Kier alpha value is -0.450. The number of aryl methyl sites for hydroxylation is 1. The van der Waals surface area contributed by atoms with Crippen molar-refractivity contribution in [2.45, 2.75) is 13.5 Å². The fraction of sp³-hybridized carbons (Fsp3) is 0.667. The van der Waals surface area contributed by atoms with Crippen LogP contribution in [0.15, 0.2) is 5.51 Å². The minimum Gasteiger partial charge on any atom is -0.314 e. The molecule has 4 heteroatoms. The zero-order valence-corrected chi connectivity index (χ0v) is 8.73. The monoisotopic (exact) mass is 197 g/mol. The van der Waals surface area contributed by atoms with Crippen LogP contribution in [-0.2, 0) is 6.54 Å². The predicted octanol–water partition coefficient (Wildman–Crippen LogP) is 0.857. The van der Waals surface area contributed by atoms with Gasteiger partial charge in [0.1, 0.15) is 0 Å². The van der Waals surface area contributed by atoms with Crippen molar-refractivity contribution >= 4 is 11.3 Å². The standard InChI is InChI=1S/C9H15N3S/c1-8-9(13-7-11-8)6-12-4-2-10-3-5-12/h7,10H,2-6H2,1H3. The first-order chi connectivity index (χ1) is 6.36. The van der Waals surface area contributed by atoms with Gasteiger partial charge in [0.25, 0.3) is 0 Å². The van der Waals surface area contributed by atoms with Gasteiger partial charge in [-0.1, -0.05) is 0 Å². The normalized spacial score (nSPS) is 19.2. The van der Waals surface area contributed by atoms with E-state index >= 15 is 0 Å². The molecule has 13 heavy (non-hydrogen) atoms. The molecule has 0 spiro atoms. The second-order valence-corrected chi connectivity index (χ2v) is 4.33. The molecule has 72 valence electrons. The molecular formula is C9H15N3S. The zero-order valence-electron chi connectivity index (χ0n) is 7.92. The van der Waals surface area contributed by atoms with Crippen LogP contribution in [-0.4, -0.2) is 36.1 Å². The van der Waals surface area contributed by atoms with Gasteiger partial charge in [0.05, 0.1) is 11.2 Å². The summed E-state index contributed by atoms with van der Waals surface area (Å²) in [6.07, 6.45) is 0. The first-order valence-corrected chi connectivity index (χ1v) is 5.56. The molecule has 0 saturated carbocycles. The van der Waals surface area contributed by atoms with Crippen LogP contribution in [0.3, 0.4) is 0 Å². The summed E-state index contributed by atoms with van der Waals surface area (Å²) in [5.41, 5.74) is 3.14. The molecule has 1 saturated heterocycles. The summed E-state index contributed by atoms with van der Waals surface area (Å²) in [7, 11) is 0. The molecule has 0 aliphatic carbocycles. The lowest BCUT2D eigenvalue weighted by Gasteiger charge is -2.26. The molecule has 1 aliphatic heterocycles. The van der Waals surface area contributed by atoms with E-state index in [-0.39, 0.29) is 0 Å². The Morgan fingerprint density at radius 2 is 2.31 bits per heavy atom. The van der Waals surface area contributed by atoms with E-state index < -0.39 is 0 Å². The summed E-state index contributed by atoms with van der Waals surface area (Å²) in [4.78, 5) is 8.16. The van der Waals surface area contributed by atoms with Crippen LogP contribution in [0.1, 0.15) is 10.6 Å². The molecule has 0 atom stereocenters. The van der Waals surface area contributed by atoms with Gasteiger partial charge in [0, 0.05) is 37.6 Å². The summed E-state index contributed by atoms with van der Waals surface area (Å²) in [5.74, 6) is 0. The molecule has 0 bridgehead atoms. The summed E-state index contributed by atoms with van der Waals surface area (Å²) < 4.78 is 0. The van der Waals surface area contributed by atoms with Crippen molar-refractivity contribution in [2.24, 2.45) is 0 Å². The predicted molar refractivity (Wildman–Crippen MR) is 55.0 cm³/mol. The highest BCUT2D eigenvalue weighted by Gasteiger charge is 2.11. The molecule has 1 aromatic heterocycles. The molecular weight excluding hydrogens is 182 g/mol. The van der Waals surface area contributed by atoms with E-state index in [1.54, 1.807) is 11.3 Å². The lowest BCUT2D eigenvalue weighted by molar-refractivity contribution is 0.234. The average molecular weight is 197 g/mol. The summed E-state index contributed by atoms with van der Waals surface area (Å²) in [6.45, 7) is 7.75. The van der Waals surface area contributed by atoms with E-state index in [4.69, 9.17) is 0 Å². The van der Waals surface area contributed by atoms with E-state index in [1.807, 2.05) is 5.51 Å². The molecule has 3 nitrogen and oxygen atoms in total. The van der Waals surface area contributed by atoms with E-state index in [0.29, 0.717) is 0 Å². The molecule has 2 rings (SSSR count). The van der Waals surface area contributed by atoms with Crippen LogP contribution >= 0.6 is 11.3 Å². The van der Waals surface area contributed by atoms with Gasteiger partial charge in [0.2, 0.25) is 0 Å². The van der Waals surface area contributed by atoms with Crippen molar-refractivity contribution in [3.8, 4) is 0 Å². The van der Waals surface area contributed by atoms with E-state index in [9.17, 15) is 0 Å². The number of thiazole rings is 1. The van der Waals surface area contributed by atoms with Crippen molar-refractivity contribution in [3.05, 3.63) is 16.1 Å². The average Bonchev–Trinajstić information content (AvgIpc) is 2.54. The fourth-order valence-corrected chi connectivity index (χ4v) is 2.37. The Morgan fingerprint density at radius 3 is 2.92 bits per heavy atom. The zero-order chi connectivity index (χ0) is 9.10. The molecule has 0 unspecified atom stereocenters. The highest BCUT2D eigenvalue weighted by molar-refractivity contribution is 7.09. The van der Waals surface area contributed by atoms with E-state index in [2.05, 4.69) is 22.1 Å². The number of nitrogens with zero attached hydrogens (tertiary/aromatic N) is 2. The lowest BCUT2D eigenvalue weighted by Crippen LogP contribution is -2.42. The van der Waals surface area contributed by atoms with Crippen molar-refractivity contribution in [2.75, 3.05) is 26.2 Å². The lowest BCUT2D eigenvalue weighted by atomic mass is 10.3. The number of rotatable bonds is 2. The van der Waals surface area contributed by atoms with Crippen LogP contribution in [0.4, 0.5) is 0 Å². The first-order valence-electron chi connectivity index (χ1n) is 4.68. The number of nitrogens with one attached hydrogen (secondary N) is 1. The Bertz CT molecular complexity index is 266. The van der Waals surface area contributed by atoms with E-state index in [0.717, 1.165) is 32.7 Å². The second-order valence-electron chi connectivity index (χ2n) is 3.39. The van der Waals surface area contributed by atoms with Crippen molar-refractivity contribution < 1.29 is 0 Å². The Kier molecular flexibility index (Phi) is 2.93. The van der Waals surface area contributed by atoms with Crippen molar-refractivity contribution in [3.63, 3.8) is 0 Å². The fourth-order valence-electron chi connectivity index (χ4n) is 1.55. The number of aromatic nitrogens is 1. The third-order valence-corrected chi connectivity index (χ3v) is 3.34. The smallest absolute Gasteiger partial charge is 0.0798 e. The largest absolute Gasteiger partial charge is 0.314 e. The highest BCUT2D eigenvalue weighted by Crippen LogP contribution is 2.14. The summed E-state index contributed by atoms with van der Waals surface area (Å²) in [6, 6.07) is 0. The summed E-state index contributed by atoms with van der Waals surface area (Å²) >= 11 is 1.77. The molecule has 1 fully saturated rings. The van der Waals surface area contributed by atoms with Gasteiger partial charge in [-0.05, 0) is 6.92 Å². The van der Waals surface area contributed by atoms with Crippen LogP contribution in [0.5, 0.6) is 0 Å². The number of hydrogen-bond donors (Lipinski definition) is 1. The Morgan fingerprint density at radius 1 is 1.54 bits per heavy atom. The Labute approximate surface area is 82.8 Å². The van der Waals surface area contributed by atoms with Gasteiger partial charge in [0.15, 0.2) is 0 Å². The molecule has 1 aromatic rings. The van der Waals surface area contributed by atoms with Gasteiger partial charge in [-0.2, -0.15) is 0 Å². The minimum absolute atomic E-state index is 1.08. The molecule has 1 aliphatic rings. The van der Waals surface area contributed by atoms with E-state index in [1.165, 1.54) is 10.6 Å². The molecule has 0 aromatic carbocycles. The van der Waals surface area contributed by atoms with Crippen molar-refractivity contribution in [1.82, 2.24) is 15.2 Å². The van der Waals surface area contributed by atoms with Gasteiger partial charge in [-0.15, -0.1) is 11.3 Å². The van der Waals surface area contributed by atoms with Crippen LogP contribution in [0, 0.1) is 6.92 Å². The maximum absolute atomic E-state index is 4.26. The Balaban J connectivity index is 1.93. The minimum atomic E-state index is 1.08. The van der Waals surface area contributed by atoms with Gasteiger partial charge >= 0.3 is 0 Å². The van der Waals surface area contributed by atoms with Gasteiger partial charge in [-0.3, -0.25) is 4.90 Å². The maximum Gasteiger partial charge on any atom is 0.0798 e. The molecule has 0 amide bonds. The summed E-state index contributed by atoms with van der Waals surface area (Å²) in [5, 5.41) is 3.36. The van der Waals surface area contributed by atoms with Crippen LogP contribution in [0.25, 0.3) is 0 Å². The van der Waals surface area contributed by atoms with Gasteiger partial charge < -0.3 is 5.32 Å². The van der Waals surface area contributed by atoms with Crippen LogP contribution < -0.4 is 5.32 Å². The molecule has 0 radical (unpaired) electrons. The van der Waals surface area contributed by atoms with Crippen molar-refractivity contribution in [1.29, 1.82) is 0 Å². The van der Waals surface area contributed by atoms with Crippen LogP contribution in [0.2, 0.25) is 0 Å². The van der Waals surface area contributed by atoms with Gasteiger partial charge in [-0.25, -0.2) is 4.98 Å². The topological polar surface area (TPSA) is 28.2 Å².